The van der Waals surface area contributed by atoms with Gasteiger partial charge >= 0.3 is 6.03 Å². The molecule has 0 unspecified atom stereocenters. The Morgan fingerprint density at radius 1 is 1.30 bits per heavy atom. The standard InChI is InChI=1S/C14H18FN3O2/c1-10(19)18-7-5-12(6-8-18)16-14(20)17-13-4-2-3-11(15)9-13/h2-4,9,12H,5-8H2,1H3,(H2,16,17,20). The average molecular weight is 279 g/mol. The van der Waals surface area contributed by atoms with Crippen molar-refractivity contribution < 1.29 is 14.0 Å². The fraction of sp³-hybridized carbons (Fsp3) is 0.429. The van der Waals surface area contributed by atoms with Crippen molar-refractivity contribution in [1.82, 2.24) is 10.2 Å². The van der Waals surface area contributed by atoms with Crippen molar-refractivity contribution in [2.24, 2.45) is 0 Å². The highest BCUT2D eigenvalue weighted by Crippen LogP contribution is 2.12. The van der Waals surface area contributed by atoms with Crippen LogP contribution in [0.25, 0.3) is 0 Å². The number of carbonyl (C=O) groups excluding carboxylic acids is 2. The van der Waals surface area contributed by atoms with Crippen LogP contribution in [0.4, 0.5) is 14.9 Å². The van der Waals surface area contributed by atoms with Crippen LogP contribution in [-0.4, -0.2) is 36.0 Å². The second-order valence-corrected chi connectivity index (χ2v) is 4.89. The molecule has 6 heteroatoms. The van der Waals surface area contributed by atoms with Crippen LogP contribution < -0.4 is 10.6 Å². The highest BCUT2D eigenvalue weighted by Gasteiger charge is 2.21. The van der Waals surface area contributed by atoms with Gasteiger partial charge in [-0.25, -0.2) is 9.18 Å². The minimum Gasteiger partial charge on any atom is -0.343 e. The van der Waals surface area contributed by atoms with Crippen molar-refractivity contribution in [3.05, 3.63) is 30.1 Å². The number of nitrogens with one attached hydrogen (secondary N) is 2. The van der Waals surface area contributed by atoms with Gasteiger partial charge in [-0.05, 0) is 31.0 Å². The molecule has 108 valence electrons. The van der Waals surface area contributed by atoms with Gasteiger partial charge in [-0.3, -0.25) is 4.79 Å². The summed E-state index contributed by atoms with van der Waals surface area (Å²) in [4.78, 5) is 24.7. The molecule has 0 saturated carbocycles. The molecule has 0 atom stereocenters. The number of likely N-dealkylation sites (tertiary alicyclic amines) is 1. The number of hydrogen-bond donors (Lipinski definition) is 2. The number of rotatable bonds is 2. The van der Waals surface area contributed by atoms with E-state index in [-0.39, 0.29) is 18.0 Å². The third-order valence-electron chi connectivity index (χ3n) is 3.36. The van der Waals surface area contributed by atoms with Gasteiger partial charge in [0.25, 0.3) is 0 Å². The number of nitrogens with zero attached hydrogens (tertiary/aromatic N) is 1. The van der Waals surface area contributed by atoms with Gasteiger partial charge in [-0.2, -0.15) is 0 Å². The molecule has 3 amide bonds. The molecular formula is C14H18FN3O2. The summed E-state index contributed by atoms with van der Waals surface area (Å²) < 4.78 is 13.0. The molecule has 0 aromatic heterocycles. The highest BCUT2D eigenvalue weighted by atomic mass is 19.1. The number of halogens is 1. The summed E-state index contributed by atoms with van der Waals surface area (Å²) in [7, 11) is 0. The Labute approximate surface area is 117 Å². The molecule has 20 heavy (non-hydrogen) atoms. The Morgan fingerprint density at radius 3 is 2.60 bits per heavy atom. The summed E-state index contributed by atoms with van der Waals surface area (Å²) in [6.45, 7) is 2.85. The Morgan fingerprint density at radius 2 is 2.00 bits per heavy atom. The topological polar surface area (TPSA) is 61.4 Å². The largest absolute Gasteiger partial charge is 0.343 e. The molecule has 1 saturated heterocycles. The zero-order chi connectivity index (χ0) is 14.5. The molecule has 1 aliphatic rings. The van der Waals surface area contributed by atoms with E-state index in [1.165, 1.54) is 18.2 Å². The van der Waals surface area contributed by atoms with Crippen LogP contribution in [0.1, 0.15) is 19.8 Å². The molecule has 1 heterocycles. The minimum absolute atomic E-state index is 0.0409. The maximum atomic E-state index is 13.0. The lowest BCUT2D eigenvalue weighted by atomic mass is 10.1. The Kier molecular flexibility index (Phi) is 4.55. The number of carbonyl (C=O) groups is 2. The monoisotopic (exact) mass is 279 g/mol. The highest BCUT2D eigenvalue weighted by molar-refractivity contribution is 5.89. The van der Waals surface area contributed by atoms with E-state index in [1.54, 1.807) is 17.9 Å². The van der Waals surface area contributed by atoms with Gasteiger partial charge in [0.15, 0.2) is 0 Å². The molecule has 5 nitrogen and oxygen atoms in total. The van der Waals surface area contributed by atoms with Crippen molar-refractivity contribution in [3.8, 4) is 0 Å². The number of benzene rings is 1. The first-order valence-corrected chi connectivity index (χ1v) is 6.63. The molecular weight excluding hydrogens is 261 g/mol. The van der Waals surface area contributed by atoms with E-state index >= 15 is 0 Å². The molecule has 2 rings (SSSR count). The summed E-state index contributed by atoms with van der Waals surface area (Å²) in [5.74, 6) is -0.328. The first-order valence-electron chi connectivity index (χ1n) is 6.63. The average Bonchev–Trinajstić information content (AvgIpc) is 2.39. The molecule has 0 spiro atoms. The predicted molar refractivity (Wildman–Crippen MR) is 73.8 cm³/mol. The molecule has 2 N–H and O–H groups in total. The molecule has 0 radical (unpaired) electrons. The fourth-order valence-corrected chi connectivity index (χ4v) is 2.26. The number of amides is 3. The van der Waals surface area contributed by atoms with E-state index in [1.807, 2.05) is 0 Å². The van der Waals surface area contributed by atoms with Gasteiger partial charge < -0.3 is 15.5 Å². The van der Waals surface area contributed by atoms with E-state index in [4.69, 9.17) is 0 Å². The summed E-state index contributed by atoms with van der Waals surface area (Å²) in [6.07, 6.45) is 1.46. The van der Waals surface area contributed by atoms with E-state index in [0.717, 1.165) is 12.8 Å². The lowest BCUT2D eigenvalue weighted by Crippen LogP contribution is -2.47. The molecule has 1 aromatic carbocycles. The van der Waals surface area contributed by atoms with E-state index < -0.39 is 5.82 Å². The van der Waals surface area contributed by atoms with Crippen molar-refractivity contribution in [1.29, 1.82) is 0 Å². The van der Waals surface area contributed by atoms with Crippen molar-refractivity contribution in [2.45, 2.75) is 25.8 Å². The van der Waals surface area contributed by atoms with Crippen molar-refractivity contribution in [3.63, 3.8) is 0 Å². The van der Waals surface area contributed by atoms with E-state index in [9.17, 15) is 14.0 Å². The quantitative estimate of drug-likeness (QED) is 0.869. The molecule has 1 aliphatic heterocycles. The zero-order valence-corrected chi connectivity index (χ0v) is 11.4. The first-order chi connectivity index (χ1) is 9.54. The molecule has 0 bridgehead atoms. The number of anilines is 1. The van der Waals surface area contributed by atoms with Gasteiger partial charge in [0.05, 0.1) is 0 Å². The van der Waals surface area contributed by atoms with Crippen molar-refractivity contribution in [2.75, 3.05) is 18.4 Å². The number of hydrogen-bond acceptors (Lipinski definition) is 2. The summed E-state index contributed by atoms with van der Waals surface area (Å²) in [5, 5.41) is 5.43. The van der Waals surface area contributed by atoms with Crippen LogP contribution >= 0.6 is 0 Å². The Balaban J connectivity index is 1.80. The Hall–Kier alpha value is -2.11. The fourth-order valence-electron chi connectivity index (χ4n) is 2.26. The second-order valence-electron chi connectivity index (χ2n) is 4.89. The van der Waals surface area contributed by atoms with Crippen LogP contribution in [0, 0.1) is 5.82 Å². The maximum Gasteiger partial charge on any atom is 0.319 e. The normalized spacial score (nSPS) is 15.8. The lowest BCUT2D eigenvalue weighted by Gasteiger charge is -2.31. The van der Waals surface area contributed by atoms with Crippen LogP contribution in [0.15, 0.2) is 24.3 Å². The van der Waals surface area contributed by atoms with Gasteiger partial charge in [0.2, 0.25) is 5.91 Å². The number of urea groups is 1. The Bertz CT molecular complexity index is 499. The lowest BCUT2D eigenvalue weighted by molar-refractivity contribution is -0.129. The zero-order valence-electron chi connectivity index (χ0n) is 11.4. The SMILES string of the molecule is CC(=O)N1CCC(NC(=O)Nc2cccc(F)c2)CC1. The van der Waals surface area contributed by atoms with Crippen LogP contribution in [-0.2, 0) is 4.79 Å². The van der Waals surface area contributed by atoms with E-state index in [2.05, 4.69) is 10.6 Å². The van der Waals surface area contributed by atoms with Crippen LogP contribution in [0.3, 0.4) is 0 Å². The summed E-state index contributed by atoms with van der Waals surface area (Å²) >= 11 is 0. The van der Waals surface area contributed by atoms with Gasteiger partial charge in [0.1, 0.15) is 5.82 Å². The maximum absolute atomic E-state index is 13.0. The van der Waals surface area contributed by atoms with E-state index in [0.29, 0.717) is 18.8 Å². The van der Waals surface area contributed by atoms with Crippen molar-refractivity contribution >= 4 is 17.6 Å². The third kappa shape index (κ3) is 3.94. The molecule has 1 aromatic rings. The molecule has 0 aliphatic carbocycles. The molecule has 1 fully saturated rings. The number of piperidine rings is 1. The minimum atomic E-state index is -0.391. The van der Waals surface area contributed by atoms with Gasteiger partial charge in [-0.15, -0.1) is 0 Å². The summed E-state index contributed by atoms with van der Waals surface area (Å²) in [6, 6.07) is 5.44. The smallest absolute Gasteiger partial charge is 0.319 e. The van der Waals surface area contributed by atoms with Gasteiger partial charge in [-0.1, -0.05) is 6.07 Å². The summed E-state index contributed by atoms with van der Waals surface area (Å²) in [5.41, 5.74) is 0.420. The van der Waals surface area contributed by atoms with Gasteiger partial charge in [0, 0.05) is 31.7 Å². The van der Waals surface area contributed by atoms with Crippen LogP contribution in [0.5, 0.6) is 0 Å². The second kappa shape index (κ2) is 6.36. The van der Waals surface area contributed by atoms with Crippen LogP contribution in [0.2, 0.25) is 0 Å². The predicted octanol–water partition coefficient (Wildman–Crippen LogP) is 1.96. The first kappa shape index (κ1) is 14.3. The third-order valence-corrected chi connectivity index (χ3v) is 3.36.